The number of carbonyl (C=O) groups excluding carboxylic acids is 2. The molecule has 0 unspecified atom stereocenters. The van der Waals surface area contributed by atoms with Crippen LogP contribution in [0.1, 0.15) is 34.9 Å². The third-order valence-electron chi connectivity index (χ3n) is 3.62. The Morgan fingerprint density at radius 3 is 2.83 bits per heavy atom. The van der Waals surface area contributed by atoms with E-state index in [4.69, 9.17) is 16.0 Å². The van der Waals surface area contributed by atoms with Crippen molar-refractivity contribution in [1.82, 2.24) is 10.9 Å². The summed E-state index contributed by atoms with van der Waals surface area (Å²) in [5, 5.41) is 0.489. The highest BCUT2D eigenvalue weighted by molar-refractivity contribution is 6.30. The molecule has 1 aromatic heterocycles. The van der Waals surface area contributed by atoms with Gasteiger partial charge in [-0.05, 0) is 36.8 Å². The molecule has 0 aliphatic heterocycles. The molecule has 1 heterocycles. The molecule has 1 aliphatic rings. The maximum atomic E-state index is 12.1. The fourth-order valence-electron chi connectivity index (χ4n) is 2.54. The van der Waals surface area contributed by atoms with Crippen molar-refractivity contribution in [1.29, 1.82) is 0 Å². The number of carbonyl (C=O) groups is 2. The van der Waals surface area contributed by atoms with Gasteiger partial charge in [0.05, 0.1) is 6.26 Å². The van der Waals surface area contributed by atoms with Gasteiger partial charge in [0, 0.05) is 34.7 Å². The molecule has 0 saturated carbocycles. The lowest BCUT2D eigenvalue weighted by Gasteiger charge is -2.21. The number of hydrogen-bond acceptors (Lipinski definition) is 4. The molecular formula is C17H15ClN2O3. The quantitative estimate of drug-likeness (QED) is 0.844. The van der Waals surface area contributed by atoms with Gasteiger partial charge in [0.15, 0.2) is 5.78 Å². The summed E-state index contributed by atoms with van der Waals surface area (Å²) >= 11 is 5.87. The third-order valence-corrected chi connectivity index (χ3v) is 3.85. The summed E-state index contributed by atoms with van der Waals surface area (Å²) in [6, 6.07) is 10.3. The first kappa shape index (κ1) is 15.4. The zero-order valence-electron chi connectivity index (χ0n) is 12.2. The molecular weight excluding hydrogens is 316 g/mol. The van der Waals surface area contributed by atoms with E-state index >= 15 is 0 Å². The molecule has 2 N–H and O–H groups in total. The third kappa shape index (κ3) is 3.81. The normalized spacial score (nSPS) is 17.5. The van der Waals surface area contributed by atoms with Crippen molar-refractivity contribution >= 4 is 23.3 Å². The van der Waals surface area contributed by atoms with Gasteiger partial charge < -0.3 is 9.84 Å². The van der Waals surface area contributed by atoms with Crippen LogP contribution in [0, 0.1) is 0 Å². The lowest BCUT2D eigenvalue weighted by atomic mass is 9.89. The second-order valence-corrected chi connectivity index (χ2v) is 5.78. The first-order chi connectivity index (χ1) is 11.1. The van der Waals surface area contributed by atoms with Crippen LogP contribution in [-0.2, 0) is 4.79 Å². The summed E-state index contributed by atoms with van der Waals surface area (Å²) in [6.45, 7) is 0. The minimum absolute atomic E-state index is 0.00263. The summed E-state index contributed by atoms with van der Waals surface area (Å²) < 4.78 is 5.37. The van der Waals surface area contributed by atoms with E-state index in [1.54, 1.807) is 36.6 Å². The van der Waals surface area contributed by atoms with Crippen LogP contribution in [0.5, 0.6) is 0 Å². The molecule has 6 heteroatoms. The lowest BCUT2D eigenvalue weighted by Crippen LogP contribution is -2.38. The standard InChI is InChI=1S/C17H15ClN2O3/c18-13-4-1-3-11(7-13)17(22)20-19-14-8-12(9-15(21)10-14)16-5-2-6-23-16/h1-7,10,12,19H,8-9H2,(H,20,22)/t12-/m1/s1. The maximum Gasteiger partial charge on any atom is 0.269 e. The van der Waals surface area contributed by atoms with E-state index in [1.807, 2.05) is 6.07 Å². The number of allylic oxidation sites excluding steroid dienone is 2. The monoisotopic (exact) mass is 330 g/mol. The van der Waals surface area contributed by atoms with E-state index in [0.717, 1.165) is 5.76 Å². The molecule has 0 fully saturated rings. The van der Waals surface area contributed by atoms with Crippen LogP contribution in [0.15, 0.2) is 58.9 Å². The summed E-state index contributed by atoms with van der Waals surface area (Å²) in [5.74, 6) is 0.429. The zero-order chi connectivity index (χ0) is 16.2. The Morgan fingerprint density at radius 2 is 2.09 bits per heavy atom. The average Bonchev–Trinajstić information content (AvgIpc) is 3.06. The van der Waals surface area contributed by atoms with Gasteiger partial charge in [0.1, 0.15) is 5.76 Å². The van der Waals surface area contributed by atoms with Crippen molar-refractivity contribution in [3.05, 3.63) is 70.8 Å². The second-order valence-electron chi connectivity index (χ2n) is 5.35. The van der Waals surface area contributed by atoms with Crippen LogP contribution in [0.3, 0.4) is 0 Å². The van der Waals surface area contributed by atoms with Crippen molar-refractivity contribution in [3.8, 4) is 0 Å². The molecule has 0 bridgehead atoms. The zero-order valence-corrected chi connectivity index (χ0v) is 13.0. The summed E-state index contributed by atoms with van der Waals surface area (Å²) in [5.41, 5.74) is 6.49. The van der Waals surface area contributed by atoms with Crippen LogP contribution in [0.4, 0.5) is 0 Å². The van der Waals surface area contributed by atoms with Crippen LogP contribution < -0.4 is 10.9 Å². The maximum absolute atomic E-state index is 12.1. The summed E-state index contributed by atoms with van der Waals surface area (Å²) in [6.07, 6.45) is 4.10. The summed E-state index contributed by atoms with van der Waals surface area (Å²) in [7, 11) is 0. The van der Waals surface area contributed by atoms with Gasteiger partial charge in [0.2, 0.25) is 0 Å². The summed E-state index contributed by atoms with van der Waals surface area (Å²) in [4.78, 5) is 23.9. The number of halogens is 1. The molecule has 0 radical (unpaired) electrons. The van der Waals surface area contributed by atoms with Gasteiger partial charge in [0.25, 0.3) is 5.91 Å². The molecule has 0 spiro atoms. The fraction of sp³-hybridized carbons (Fsp3) is 0.176. The molecule has 1 aliphatic carbocycles. The number of nitrogens with one attached hydrogen (secondary N) is 2. The number of furan rings is 1. The van der Waals surface area contributed by atoms with Gasteiger partial charge in [-0.2, -0.15) is 0 Å². The van der Waals surface area contributed by atoms with Crippen molar-refractivity contribution in [2.75, 3.05) is 0 Å². The van der Waals surface area contributed by atoms with Crippen LogP contribution in [0.25, 0.3) is 0 Å². The minimum Gasteiger partial charge on any atom is -0.469 e. The predicted octanol–water partition coefficient (Wildman–Crippen LogP) is 3.20. The number of hydrazine groups is 1. The molecule has 23 heavy (non-hydrogen) atoms. The first-order valence-electron chi connectivity index (χ1n) is 7.20. The number of rotatable bonds is 4. The molecule has 5 nitrogen and oxygen atoms in total. The SMILES string of the molecule is O=C1C=C(NNC(=O)c2cccc(Cl)c2)C[C@@H](c2ccco2)C1. The van der Waals surface area contributed by atoms with Crippen LogP contribution >= 0.6 is 11.6 Å². The lowest BCUT2D eigenvalue weighted by molar-refractivity contribution is -0.115. The van der Waals surface area contributed by atoms with Crippen LogP contribution in [0.2, 0.25) is 5.02 Å². The Labute approximate surface area is 138 Å². The minimum atomic E-state index is -0.319. The van der Waals surface area contributed by atoms with Gasteiger partial charge >= 0.3 is 0 Å². The van der Waals surface area contributed by atoms with E-state index in [2.05, 4.69) is 10.9 Å². The molecule has 118 valence electrons. The van der Waals surface area contributed by atoms with Crippen LogP contribution in [-0.4, -0.2) is 11.7 Å². The average molecular weight is 331 g/mol. The van der Waals surface area contributed by atoms with Gasteiger partial charge in [-0.3, -0.25) is 15.0 Å². The van der Waals surface area contributed by atoms with Gasteiger partial charge in [-0.15, -0.1) is 0 Å². The highest BCUT2D eigenvalue weighted by Gasteiger charge is 2.24. The van der Waals surface area contributed by atoms with E-state index in [9.17, 15) is 9.59 Å². The Morgan fingerprint density at radius 1 is 1.22 bits per heavy atom. The largest absolute Gasteiger partial charge is 0.469 e. The van der Waals surface area contributed by atoms with E-state index in [-0.39, 0.29) is 17.6 Å². The second kappa shape index (κ2) is 6.71. The fourth-order valence-corrected chi connectivity index (χ4v) is 2.73. The van der Waals surface area contributed by atoms with E-state index < -0.39 is 0 Å². The highest BCUT2D eigenvalue weighted by Crippen LogP contribution is 2.30. The predicted molar refractivity (Wildman–Crippen MR) is 85.8 cm³/mol. The molecule has 2 aromatic rings. The Kier molecular flexibility index (Phi) is 4.48. The van der Waals surface area contributed by atoms with Gasteiger partial charge in [-0.25, -0.2) is 0 Å². The molecule has 1 aromatic carbocycles. The Hall–Kier alpha value is -2.53. The van der Waals surface area contributed by atoms with Crippen molar-refractivity contribution in [2.45, 2.75) is 18.8 Å². The molecule has 1 atom stereocenters. The number of amides is 1. The Bertz CT molecular complexity index is 753. The molecule has 0 saturated heterocycles. The molecule has 1 amide bonds. The molecule has 3 rings (SSSR count). The Balaban J connectivity index is 1.63. The number of ketones is 1. The van der Waals surface area contributed by atoms with Gasteiger partial charge in [-0.1, -0.05) is 17.7 Å². The van der Waals surface area contributed by atoms with Crippen molar-refractivity contribution in [3.63, 3.8) is 0 Å². The highest BCUT2D eigenvalue weighted by atomic mass is 35.5. The smallest absolute Gasteiger partial charge is 0.269 e. The first-order valence-corrected chi connectivity index (χ1v) is 7.58. The van der Waals surface area contributed by atoms with E-state index in [0.29, 0.717) is 29.1 Å². The topological polar surface area (TPSA) is 71.3 Å². The van der Waals surface area contributed by atoms with Crippen molar-refractivity contribution in [2.24, 2.45) is 0 Å². The van der Waals surface area contributed by atoms with Crippen molar-refractivity contribution < 1.29 is 14.0 Å². The number of benzene rings is 1. The number of hydrogen-bond donors (Lipinski definition) is 2. The van der Waals surface area contributed by atoms with E-state index in [1.165, 1.54) is 6.08 Å².